The average Bonchev–Trinajstić information content (AvgIpc) is 1.81. The second kappa shape index (κ2) is 11.1. The third kappa shape index (κ3) is 11.7. The molecule has 2 N–H and O–H groups in total. The first-order chi connectivity index (χ1) is 3.91. The van der Waals surface area contributed by atoms with Crippen molar-refractivity contribution in [2.75, 3.05) is 6.61 Å². The minimum Gasteiger partial charge on any atom is -0.305 e. The van der Waals surface area contributed by atoms with Crippen molar-refractivity contribution in [3.8, 4) is 0 Å². The number of hydrogen-bond donors (Lipinski definition) is 1. The van der Waals surface area contributed by atoms with Gasteiger partial charge in [0.2, 0.25) is 0 Å². The van der Waals surface area contributed by atoms with E-state index in [1.807, 2.05) is 0 Å². The Morgan fingerprint density at radius 2 is 1.89 bits per heavy atom. The van der Waals surface area contributed by atoms with Gasteiger partial charge in [0.1, 0.15) is 0 Å². The largest absolute Gasteiger partial charge is 0.305 e. The van der Waals surface area contributed by atoms with Crippen LogP contribution in [-0.2, 0) is 4.84 Å². The van der Waals surface area contributed by atoms with Crippen LogP contribution in [-0.4, -0.2) is 6.61 Å². The van der Waals surface area contributed by atoms with Crippen molar-refractivity contribution >= 4 is 12.4 Å². The lowest BCUT2D eigenvalue weighted by molar-refractivity contribution is 0.133. The van der Waals surface area contributed by atoms with Crippen LogP contribution in [0.4, 0.5) is 0 Å². The molecule has 0 unspecified atom stereocenters. The summed E-state index contributed by atoms with van der Waals surface area (Å²) < 4.78 is 0. The molecule has 0 atom stereocenters. The Labute approximate surface area is 63.1 Å². The Balaban J connectivity index is 0. The van der Waals surface area contributed by atoms with Gasteiger partial charge in [0, 0.05) is 0 Å². The van der Waals surface area contributed by atoms with Gasteiger partial charge in [0.25, 0.3) is 0 Å². The normalized spacial score (nSPS) is 8.67. The van der Waals surface area contributed by atoms with Gasteiger partial charge in [-0.25, -0.2) is 5.90 Å². The van der Waals surface area contributed by atoms with Crippen LogP contribution < -0.4 is 5.90 Å². The molecule has 0 aromatic heterocycles. The van der Waals surface area contributed by atoms with E-state index in [1.54, 1.807) is 0 Å². The van der Waals surface area contributed by atoms with E-state index < -0.39 is 0 Å². The summed E-state index contributed by atoms with van der Waals surface area (Å²) in [6.07, 6.45) is 4.91. The molecule has 0 aromatic rings. The lowest BCUT2D eigenvalue weighted by Crippen LogP contribution is -1.99. The molecular formula is C6H16ClNO. The summed E-state index contributed by atoms with van der Waals surface area (Å²) in [5, 5.41) is 0. The zero-order chi connectivity index (χ0) is 6.24. The molecule has 9 heavy (non-hydrogen) atoms. The Hall–Kier alpha value is 0.210. The fourth-order valence-corrected chi connectivity index (χ4v) is 0.612. The van der Waals surface area contributed by atoms with Gasteiger partial charge in [-0.05, 0) is 6.42 Å². The molecule has 58 valence electrons. The van der Waals surface area contributed by atoms with Crippen molar-refractivity contribution in [1.29, 1.82) is 0 Å². The van der Waals surface area contributed by atoms with Crippen molar-refractivity contribution in [1.82, 2.24) is 0 Å². The van der Waals surface area contributed by atoms with Crippen molar-refractivity contribution in [2.45, 2.75) is 32.6 Å². The Morgan fingerprint density at radius 1 is 1.22 bits per heavy atom. The van der Waals surface area contributed by atoms with Gasteiger partial charge in [-0.3, -0.25) is 0 Å². The second-order valence-electron chi connectivity index (χ2n) is 1.93. The summed E-state index contributed by atoms with van der Waals surface area (Å²) >= 11 is 0. The molecule has 0 aliphatic heterocycles. The fourth-order valence-electron chi connectivity index (χ4n) is 0.612. The fraction of sp³-hybridized carbons (Fsp3) is 1.00. The van der Waals surface area contributed by atoms with E-state index in [1.165, 1.54) is 19.3 Å². The Bertz CT molecular complexity index is 38.0. The predicted octanol–water partition coefficient (Wildman–Crippen LogP) is 1.88. The van der Waals surface area contributed by atoms with E-state index in [4.69, 9.17) is 5.90 Å². The number of halogens is 1. The first-order valence-corrected chi connectivity index (χ1v) is 3.23. The van der Waals surface area contributed by atoms with E-state index in [-0.39, 0.29) is 12.4 Å². The Kier molecular flexibility index (Phi) is 14.7. The van der Waals surface area contributed by atoms with Gasteiger partial charge in [0.15, 0.2) is 0 Å². The summed E-state index contributed by atoms with van der Waals surface area (Å²) in [7, 11) is 0. The highest BCUT2D eigenvalue weighted by Gasteiger charge is 1.83. The second-order valence-corrected chi connectivity index (χ2v) is 1.93. The average molecular weight is 154 g/mol. The zero-order valence-electron chi connectivity index (χ0n) is 5.93. The van der Waals surface area contributed by atoms with E-state index in [9.17, 15) is 0 Å². The summed E-state index contributed by atoms with van der Waals surface area (Å²) in [6, 6.07) is 0. The third-order valence-electron chi connectivity index (χ3n) is 1.12. The van der Waals surface area contributed by atoms with Crippen LogP contribution in [0.1, 0.15) is 32.6 Å². The van der Waals surface area contributed by atoms with E-state index in [0.29, 0.717) is 6.61 Å². The highest BCUT2D eigenvalue weighted by Crippen LogP contribution is 1.97. The molecule has 3 heteroatoms. The number of unbranched alkanes of at least 4 members (excludes halogenated alkanes) is 3. The minimum absolute atomic E-state index is 0. The molecular weight excluding hydrogens is 138 g/mol. The summed E-state index contributed by atoms with van der Waals surface area (Å²) in [5.74, 6) is 4.81. The molecule has 0 spiro atoms. The molecule has 0 fully saturated rings. The van der Waals surface area contributed by atoms with Crippen molar-refractivity contribution in [3.05, 3.63) is 0 Å². The van der Waals surface area contributed by atoms with E-state index in [2.05, 4.69) is 11.8 Å². The van der Waals surface area contributed by atoms with Crippen LogP contribution in [0.3, 0.4) is 0 Å². The molecule has 0 saturated heterocycles. The summed E-state index contributed by atoms with van der Waals surface area (Å²) in [6.45, 7) is 2.89. The Morgan fingerprint density at radius 3 is 2.33 bits per heavy atom. The van der Waals surface area contributed by atoms with Gasteiger partial charge in [0.05, 0.1) is 6.61 Å². The predicted molar refractivity (Wildman–Crippen MR) is 41.5 cm³/mol. The van der Waals surface area contributed by atoms with Crippen LogP contribution in [0, 0.1) is 0 Å². The smallest absolute Gasteiger partial charge is 0.0679 e. The molecule has 0 aliphatic rings. The maximum Gasteiger partial charge on any atom is 0.0679 e. The quantitative estimate of drug-likeness (QED) is 0.484. The molecule has 0 bridgehead atoms. The van der Waals surface area contributed by atoms with Gasteiger partial charge < -0.3 is 4.84 Å². The monoisotopic (exact) mass is 153 g/mol. The molecule has 0 aromatic carbocycles. The highest BCUT2D eigenvalue weighted by molar-refractivity contribution is 5.85. The number of hydrogen-bond acceptors (Lipinski definition) is 2. The van der Waals surface area contributed by atoms with Crippen molar-refractivity contribution in [3.63, 3.8) is 0 Å². The van der Waals surface area contributed by atoms with Crippen LogP contribution in [0.15, 0.2) is 0 Å². The SMILES string of the molecule is CCCCCCON.Cl. The molecule has 0 rings (SSSR count). The van der Waals surface area contributed by atoms with Crippen LogP contribution >= 0.6 is 12.4 Å². The molecule has 0 saturated carbocycles. The summed E-state index contributed by atoms with van der Waals surface area (Å²) in [5.41, 5.74) is 0. The van der Waals surface area contributed by atoms with Gasteiger partial charge in [-0.15, -0.1) is 12.4 Å². The topological polar surface area (TPSA) is 35.2 Å². The number of rotatable bonds is 5. The van der Waals surface area contributed by atoms with Gasteiger partial charge in [-0.2, -0.15) is 0 Å². The molecule has 2 nitrogen and oxygen atoms in total. The summed E-state index contributed by atoms with van der Waals surface area (Å²) in [4.78, 5) is 4.39. The number of nitrogens with two attached hydrogens (primary N) is 1. The standard InChI is InChI=1S/C6H15NO.ClH/c1-2-3-4-5-6-8-7;/h2-7H2,1H3;1H. The lowest BCUT2D eigenvalue weighted by atomic mass is 10.2. The van der Waals surface area contributed by atoms with Gasteiger partial charge >= 0.3 is 0 Å². The molecule has 0 heterocycles. The van der Waals surface area contributed by atoms with Crippen LogP contribution in [0.2, 0.25) is 0 Å². The van der Waals surface area contributed by atoms with Crippen molar-refractivity contribution in [2.24, 2.45) is 5.90 Å². The first-order valence-electron chi connectivity index (χ1n) is 3.23. The molecule has 0 radical (unpaired) electrons. The van der Waals surface area contributed by atoms with Crippen molar-refractivity contribution < 1.29 is 4.84 Å². The van der Waals surface area contributed by atoms with E-state index in [0.717, 1.165) is 6.42 Å². The zero-order valence-corrected chi connectivity index (χ0v) is 6.75. The first kappa shape index (κ1) is 11.9. The van der Waals surface area contributed by atoms with Crippen LogP contribution in [0.25, 0.3) is 0 Å². The maximum atomic E-state index is 4.81. The van der Waals surface area contributed by atoms with Crippen LogP contribution in [0.5, 0.6) is 0 Å². The maximum absolute atomic E-state index is 4.81. The lowest BCUT2D eigenvalue weighted by Gasteiger charge is -1.94. The molecule has 0 aliphatic carbocycles. The molecule has 0 amide bonds. The van der Waals surface area contributed by atoms with Gasteiger partial charge in [-0.1, -0.05) is 26.2 Å². The minimum atomic E-state index is 0. The van der Waals surface area contributed by atoms with E-state index >= 15 is 0 Å². The highest BCUT2D eigenvalue weighted by atomic mass is 35.5. The third-order valence-corrected chi connectivity index (χ3v) is 1.12.